The van der Waals surface area contributed by atoms with Gasteiger partial charge >= 0.3 is 0 Å². The van der Waals surface area contributed by atoms with Crippen LogP contribution < -0.4 is 11.1 Å². The second-order valence-corrected chi connectivity index (χ2v) is 3.61. The number of nitrogens with two attached hydrogens (primary N) is 1. The normalized spacial score (nSPS) is 12.2. The third-order valence-electron chi connectivity index (χ3n) is 2.05. The molecule has 0 spiro atoms. The Labute approximate surface area is 98.9 Å². The molecule has 1 amide bonds. The van der Waals surface area contributed by atoms with Crippen LogP contribution in [0.15, 0.2) is 18.5 Å². The summed E-state index contributed by atoms with van der Waals surface area (Å²) in [5.74, 6) is -0.202. The molecule has 0 saturated carbocycles. The van der Waals surface area contributed by atoms with Gasteiger partial charge in [-0.05, 0) is 6.07 Å². The topological polar surface area (TPSA) is 77.2 Å². The fraction of sp³-hybridized carbons (Fsp3) is 0.400. The number of methoxy groups -OCH3 is 1. The minimum Gasteiger partial charge on any atom is -0.380 e. The Morgan fingerprint density at radius 1 is 1.75 bits per heavy atom. The van der Waals surface area contributed by atoms with E-state index in [4.69, 9.17) is 22.1 Å². The molecule has 3 N–H and O–H groups in total. The predicted octanol–water partition coefficient (Wildman–Crippen LogP) is 1.04. The monoisotopic (exact) mass is 243 g/mol. The van der Waals surface area contributed by atoms with Gasteiger partial charge in [0.1, 0.15) is 0 Å². The van der Waals surface area contributed by atoms with Crippen molar-refractivity contribution in [1.82, 2.24) is 4.98 Å². The third-order valence-corrected chi connectivity index (χ3v) is 2.38. The van der Waals surface area contributed by atoms with Gasteiger partial charge in [0.05, 0.1) is 29.4 Å². The largest absolute Gasteiger partial charge is 0.380 e. The van der Waals surface area contributed by atoms with Gasteiger partial charge < -0.3 is 15.8 Å². The van der Waals surface area contributed by atoms with E-state index in [-0.39, 0.29) is 18.4 Å². The van der Waals surface area contributed by atoms with Crippen molar-refractivity contribution in [3.63, 3.8) is 0 Å². The lowest BCUT2D eigenvalue weighted by Gasteiger charge is -2.12. The maximum absolute atomic E-state index is 11.6. The molecule has 6 heteroatoms. The maximum Gasteiger partial charge on any atom is 0.227 e. The van der Waals surface area contributed by atoms with Gasteiger partial charge in [0.2, 0.25) is 5.91 Å². The zero-order valence-corrected chi connectivity index (χ0v) is 9.70. The van der Waals surface area contributed by atoms with Crippen LogP contribution in [0.4, 0.5) is 5.69 Å². The lowest BCUT2D eigenvalue weighted by molar-refractivity contribution is -0.118. The molecule has 88 valence electrons. The number of pyridine rings is 1. The minimum atomic E-state index is -0.282. The van der Waals surface area contributed by atoms with Crippen molar-refractivity contribution in [2.75, 3.05) is 19.0 Å². The van der Waals surface area contributed by atoms with Crippen LogP contribution in [-0.2, 0) is 9.53 Å². The number of amides is 1. The molecular weight excluding hydrogens is 230 g/mol. The van der Waals surface area contributed by atoms with Gasteiger partial charge in [-0.15, -0.1) is 0 Å². The Morgan fingerprint density at radius 2 is 2.50 bits per heavy atom. The number of rotatable bonds is 5. The van der Waals surface area contributed by atoms with E-state index in [1.165, 1.54) is 13.3 Å². The van der Waals surface area contributed by atoms with Gasteiger partial charge in [0, 0.05) is 19.9 Å². The molecule has 0 fully saturated rings. The highest BCUT2D eigenvalue weighted by molar-refractivity contribution is 6.33. The summed E-state index contributed by atoms with van der Waals surface area (Å²) in [6.45, 7) is 0.296. The highest BCUT2D eigenvalue weighted by Gasteiger charge is 2.12. The Bertz CT molecular complexity index is 356. The third kappa shape index (κ3) is 3.77. The summed E-state index contributed by atoms with van der Waals surface area (Å²) in [6.07, 6.45) is 2.95. The predicted molar refractivity (Wildman–Crippen MR) is 62.3 cm³/mol. The Hall–Kier alpha value is -1.17. The molecule has 1 aromatic rings. The summed E-state index contributed by atoms with van der Waals surface area (Å²) in [5, 5.41) is 3.09. The first-order valence-corrected chi connectivity index (χ1v) is 5.17. The van der Waals surface area contributed by atoms with Crippen LogP contribution >= 0.6 is 11.6 Å². The number of anilines is 1. The molecule has 0 bridgehead atoms. The maximum atomic E-state index is 11.6. The van der Waals surface area contributed by atoms with Gasteiger partial charge in [0.15, 0.2) is 0 Å². The Balaban J connectivity index is 2.55. The van der Waals surface area contributed by atoms with Crippen LogP contribution in [0, 0.1) is 0 Å². The zero-order valence-electron chi connectivity index (χ0n) is 8.94. The SMILES string of the molecule is COC(CN)CC(=O)Nc1cnccc1Cl. The van der Waals surface area contributed by atoms with Crippen LogP contribution in [0.1, 0.15) is 6.42 Å². The number of halogens is 1. The van der Waals surface area contributed by atoms with Crippen molar-refractivity contribution in [3.05, 3.63) is 23.5 Å². The van der Waals surface area contributed by atoms with Crippen molar-refractivity contribution in [3.8, 4) is 0 Å². The Kier molecular flexibility index (Phi) is 5.18. The molecule has 0 radical (unpaired) electrons. The molecule has 1 aromatic heterocycles. The van der Waals surface area contributed by atoms with Crippen molar-refractivity contribution in [2.45, 2.75) is 12.5 Å². The van der Waals surface area contributed by atoms with E-state index in [2.05, 4.69) is 10.3 Å². The first-order chi connectivity index (χ1) is 7.67. The Morgan fingerprint density at radius 3 is 3.06 bits per heavy atom. The first-order valence-electron chi connectivity index (χ1n) is 4.79. The van der Waals surface area contributed by atoms with Crippen molar-refractivity contribution < 1.29 is 9.53 Å². The number of carbonyl (C=O) groups is 1. The average molecular weight is 244 g/mol. The smallest absolute Gasteiger partial charge is 0.227 e. The minimum absolute atomic E-state index is 0.193. The molecular formula is C10H14ClN3O2. The van der Waals surface area contributed by atoms with Crippen LogP contribution in [0.25, 0.3) is 0 Å². The quantitative estimate of drug-likeness (QED) is 0.810. The fourth-order valence-electron chi connectivity index (χ4n) is 1.14. The highest BCUT2D eigenvalue weighted by Crippen LogP contribution is 2.19. The van der Waals surface area contributed by atoms with E-state index < -0.39 is 0 Å². The molecule has 0 aliphatic heterocycles. The molecule has 0 aliphatic rings. The van der Waals surface area contributed by atoms with Gasteiger partial charge in [0.25, 0.3) is 0 Å². The van der Waals surface area contributed by atoms with Crippen molar-refractivity contribution >= 4 is 23.2 Å². The number of ether oxygens (including phenoxy) is 1. The highest BCUT2D eigenvalue weighted by atomic mass is 35.5. The van der Waals surface area contributed by atoms with E-state index in [9.17, 15) is 4.79 Å². The number of nitrogens with zero attached hydrogens (tertiary/aromatic N) is 1. The number of aromatic nitrogens is 1. The van der Waals surface area contributed by atoms with E-state index in [0.29, 0.717) is 17.3 Å². The molecule has 1 heterocycles. The fourth-order valence-corrected chi connectivity index (χ4v) is 1.29. The molecule has 5 nitrogen and oxygen atoms in total. The van der Waals surface area contributed by atoms with Gasteiger partial charge in [-0.3, -0.25) is 9.78 Å². The zero-order chi connectivity index (χ0) is 12.0. The second-order valence-electron chi connectivity index (χ2n) is 3.20. The summed E-state index contributed by atoms with van der Waals surface area (Å²) in [6, 6.07) is 1.61. The van der Waals surface area contributed by atoms with Crippen molar-refractivity contribution in [2.24, 2.45) is 5.73 Å². The number of hydrogen-bond donors (Lipinski definition) is 2. The lowest BCUT2D eigenvalue weighted by atomic mass is 10.2. The first kappa shape index (κ1) is 12.9. The van der Waals surface area contributed by atoms with Crippen LogP contribution in [0.5, 0.6) is 0 Å². The summed E-state index contributed by atoms with van der Waals surface area (Å²) in [5.41, 5.74) is 5.90. The molecule has 1 atom stereocenters. The van der Waals surface area contributed by atoms with E-state index in [1.54, 1.807) is 12.3 Å². The van der Waals surface area contributed by atoms with Crippen molar-refractivity contribution in [1.29, 1.82) is 0 Å². The van der Waals surface area contributed by atoms with Crippen LogP contribution in [0.2, 0.25) is 5.02 Å². The van der Waals surface area contributed by atoms with Crippen LogP contribution in [-0.4, -0.2) is 30.6 Å². The number of carbonyl (C=O) groups excluding carboxylic acids is 1. The summed E-state index contributed by atoms with van der Waals surface area (Å²) in [7, 11) is 1.52. The lowest BCUT2D eigenvalue weighted by Crippen LogP contribution is -2.28. The molecule has 0 aromatic carbocycles. The number of nitrogens with one attached hydrogen (secondary N) is 1. The number of hydrogen-bond acceptors (Lipinski definition) is 4. The van der Waals surface area contributed by atoms with Gasteiger partial charge in [-0.2, -0.15) is 0 Å². The summed E-state index contributed by atoms with van der Waals surface area (Å²) >= 11 is 5.86. The van der Waals surface area contributed by atoms with Crippen LogP contribution in [0.3, 0.4) is 0 Å². The van der Waals surface area contributed by atoms with Gasteiger partial charge in [-0.1, -0.05) is 11.6 Å². The molecule has 0 aliphatic carbocycles. The standard InChI is InChI=1S/C10H14ClN3O2/c1-16-7(5-12)4-10(15)14-9-6-13-3-2-8(9)11/h2-3,6-7H,4-5,12H2,1H3,(H,14,15). The second kappa shape index (κ2) is 6.42. The van der Waals surface area contributed by atoms with E-state index >= 15 is 0 Å². The van der Waals surface area contributed by atoms with E-state index in [0.717, 1.165) is 0 Å². The molecule has 1 rings (SSSR count). The average Bonchev–Trinajstić information content (AvgIpc) is 2.29. The summed E-state index contributed by atoms with van der Waals surface area (Å²) in [4.78, 5) is 15.4. The molecule has 1 unspecified atom stereocenters. The molecule has 0 saturated heterocycles. The summed E-state index contributed by atoms with van der Waals surface area (Å²) < 4.78 is 5.00. The van der Waals surface area contributed by atoms with E-state index in [1.807, 2.05) is 0 Å². The van der Waals surface area contributed by atoms with Gasteiger partial charge in [-0.25, -0.2) is 0 Å². The molecule has 16 heavy (non-hydrogen) atoms.